The fraction of sp³-hybridized carbons (Fsp3) is 0.278. The molecule has 1 amide bonds. The van der Waals surface area contributed by atoms with Gasteiger partial charge in [0.15, 0.2) is 0 Å². The Hall–Kier alpha value is -1.75. The average Bonchev–Trinajstić information content (AvgIpc) is 2.47. The zero-order chi connectivity index (χ0) is 16.8. The number of rotatable bonds is 6. The zero-order valence-corrected chi connectivity index (χ0v) is 15.4. The van der Waals surface area contributed by atoms with Gasteiger partial charge >= 0.3 is 0 Å². The van der Waals surface area contributed by atoms with Crippen LogP contribution in [0.25, 0.3) is 0 Å². The smallest absolute Gasteiger partial charge is 0.253 e. The van der Waals surface area contributed by atoms with Gasteiger partial charge in [0, 0.05) is 24.8 Å². The molecule has 1 unspecified atom stereocenters. The molecule has 4 nitrogen and oxygen atoms in total. The van der Waals surface area contributed by atoms with Crippen molar-refractivity contribution in [1.82, 2.24) is 10.2 Å². The minimum Gasteiger partial charge on any atom is -0.399 e. The Kier molecular flexibility index (Phi) is 8.05. The van der Waals surface area contributed by atoms with E-state index >= 15 is 0 Å². The molecule has 130 valence electrons. The number of carbonyl (C=O) groups excluding carboxylic acids is 1. The van der Waals surface area contributed by atoms with E-state index in [-0.39, 0.29) is 24.4 Å². The molecule has 1 atom stereocenters. The maximum absolute atomic E-state index is 12.3. The normalized spacial score (nSPS) is 11.7. The number of nitrogen functional groups attached to an aromatic ring is 1. The van der Waals surface area contributed by atoms with Crippen molar-refractivity contribution in [2.75, 3.05) is 19.3 Å². The highest BCUT2D eigenvalue weighted by atomic mass is 35.5. The molecule has 2 aromatic rings. The lowest BCUT2D eigenvalue weighted by molar-refractivity contribution is 0.0932. The van der Waals surface area contributed by atoms with Gasteiger partial charge in [-0.05, 0) is 37.7 Å². The van der Waals surface area contributed by atoms with Crippen LogP contribution in [0.1, 0.15) is 22.8 Å². The summed E-state index contributed by atoms with van der Waals surface area (Å²) < 4.78 is 0. The lowest BCUT2D eigenvalue weighted by Gasteiger charge is -2.22. The van der Waals surface area contributed by atoms with Gasteiger partial charge < -0.3 is 16.0 Å². The number of hydrogen-bond acceptors (Lipinski definition) is 3. The number of hydrogen-bond donors (Lipinski definition) is 2. The Labute approximate surface area is 154 Å². The van der Waals surface area contributed by atoms with Crippen LogP contribution in [0.15, 0.2) is 48.5 Å². The van der Waals surface area contributed by atoms with Crippen molar-refractivity contribution in [3.8, 4) is 0 Å². The van der Waals surface area contributed by atoms with E-state index in [1.165, 1.54) is 5.56 Å². The van der Waals surface area contributed by atoms with E-state index in [9.17, 15) is 4.79 Å². The summed E-state index contributed by atoms with van der Waals surface area (Å²) in [7, 11) is 2.03. The zero-order valence-electron chi connectivity index (χ0n) is 13.8. The van der Waals surface area contributed by atoms with Crippen LogP contribution in [0.4, 0.5) is 5.69 Å². The second kappa shape index (κ2) is 9.52. The summed E-state index contributed by atoms with van der Waals surface area (Å²) in [6.45, 7) is 3.56. The molecule has 0 saturated heterocycles. The summed E-state index contributed by atoms with van der Waals surface area (Å²) in [4.78, 5) is 14.4. The Balaban J connectivity index is 0.00000288. The van der Waals surface area contributed by atoms with E-state index in [0.29, 0.717) is 16.3 Å². The third-order valence-electron chi connectivity index (χ3n) is 3.50. The molecular formula is C18H23Cl2N3O. The minimum absolute atomic E-state index is 0. The van der Waals surface area contributed by atoms with E-state index in [0.717, 1.165) is 13.1 Å². The van der Waals surface area contributed by atoms with Crippen LogP contribution in [0.2, 0.25) is 5.02 Å². The molecule has 0 spiro atoms. The van der Waals surface area contributed by atoms with E-state index in [1.54, 1.807) is 18.2 Å². The Bertz CT molecular complexity index is 665. The Morgan fingerprint density at radius 1 is 1.25 bits per heavy atom. The minimum atomic E-state index is -0.185. The lowest BCUT2D eigenvalue weighted by Crippen LogP contribution is -2.40. The van der Waals surface area contributed by atoms with Crippen molar-refractivity contribution in [2.24, 2.45) is 0 Å². The number of carbonyl (C=O) groups is 1. The van der Waals surface area contributed by atoms with Gasteiger partial charge in [-0.1, -0.05) is 41.9 Å². The summed E-state index contributed by atoms with van der Waals surface area (Å²) in [6.07, 6.45) is 0. The highest BCUT2D eigenvalue weighted by Crippen LogP contribution is 2.19. The van der Waals surface area contributed by atoms with E-state index in [2.05, 4.69) is 22.3 Å². The van der Waals surface area contributed by atoms with Gasteiger partial charge in [0.05, 0.1) is 10.6 Å². The fourth-order valence-electron chi connectivity index (χ4n) is 2.49. The Morgan fingerprint density at radius 2 is 1.92 bits per heavy atom. The van der Waals surface area contributed by atoms with Crippen molar-refractivity contribution in [1.29, 1.82) is 0 Å². The fourth-order valence-corrected chi connectivity index (χ4v) is 2.76. The molecule has 24 heavy (non-hydrogen) atoms. The van der Waals surface area contributed by atoms with Gasteiger partial charge in [-0.15, -0.1) is 12.4 Å². The highest BCUT2D eigenvalue weighted by molar-refractivity contribution is 6.34. The van der Waals surface area contributed by atoms with Crippen molar-refractivity contribution in [3.05, 3.63) is 64.7 Å². The number of halogens is 2. The van der Waals surface area contributed by atoms with Crippen LogP contribution in [-0.4, -0.2) is 30.4 Å². The first-order valence-corrected chi connectivity index (χ1v) is 7.92. The molecule has 0 aliphatic carbocycles. The number of amides is 1. The summed E-state index contributed by atoms with van der Waals surface area (Å²) in [6, 6.07) is 15.1. The second-order valence-corrected chi connectivity index (χ2v) is 6.20. The van der Waals surface area contributed by atoms with E-state index in [4.69, 9.17) is 17.3 Å². The first-order chi connectivity index (χ1) is 11.0. The van der Waals surface area contributed by atoms with Crippen molar-refractivity contribution in [2.45, 2.75) is 19.5 Å². The van der Waals surface area contributed by atoms with E-state index < -0.39 is 0 Å². The molecule has 2 rings (SSSR count). The summed E-state index contributed by atoms with van der Waals surface area (Å²) in [5.74, 6) is -0.185. The molecule has 0 aromatic heterocycles. The molecule has 0 radical (unpaired) electrons. The SMILES string of the molecule is CC(CN(C)Cc1ccccc1)NC(=O)c1ccc(N)cc1Cl.Cl. The van der Waals surface area contributed by atoms with Crippen LogP contribution in [0.3, 0.4) is 0 Å². The van der Waals surface area contributed by atoms with Crippen molar-refractivity contribution >= 4 is 35.6 Å². The average molecular weight is 368 g/mol. The Morgan fingerprint density at radius 3 is 2.54 bits per heavy atom. The molecule has 0 bridgehead atoms. The highest BCUT2D eigenvalue weighted by Gasteiger charge is 2.14. The molecule has 6 heteroatoms. The van der Waals surface area contributed by atoms with Gasteiger partial charge in [0.25, 0.3) is 5.91 Å². The van der Waals surface area contributed by atoms with E-state index in [1.807, 2.05) is 32.2 Å². The molecular weight excluding hydrogens is 345 g/mol. The molecule has 3 N–H and O–H groups in total. The maximum atomic E-state index is 12.3. The van der Waals surface area contributed by atoms with Gasteiger partial charge in [0.2, 0.25) is 0 Å². The van der Waals surface area contributed by atoms with Crippen LogP contribution in [0.5, 0.6) is 0 Å². The number of benzene rings is 2. The van der Waals surface area contributed by atoms with Crippen LogP contribution < -0.4 is 11.1 Å². The first-order valence-electron chi connectivity index (χ1n) is 7.54. The predicted molar refractivity (Wildman–Crippen MR) is 103 cm³/mol. The van der Waals surface area contributed by atoms with Crippen LogP contribution in [0, 0.1) is 0 Å². The van der Waals surface area contributed by atoms with Crippen molar-refractivity contribution < 1.29 is 4.79 Å². The van der Waals surface area contributed by atoms with Crippen LogP contribution in [-0.2, 0) is 6.54 Å². The maximum Gasteiger partial charge on any atom is 0.253 e. The summed E-state index contributed by atoms with van der Waals surface area (Å²) in [5, 5.41) is 3.34. The van der Waals surface area contributed by atoms with Gasteiger partial charge in [-0.3, -0.25) is 4.79 Å². The first kappa shape index (κ1) is 20.3. The number of nitrogens with one attached hydrogen (secondary N) is 1. The third kappa shape index (κ3) is 6.04. The lowest BCUT2D eigenvalue weighted by atomic mass is 10.1. The number of nitrogens with two attached hydrogens (primary N) is 1. The standard InChI is InChI=1S/C18H22ClN3O.ClH/c1-13(11-22(2)12-14-6-4-3-5-7-14)21-18(23)16-9-8-15(20)10-17(16)19;/h3-10,13H,11-12,20H2,1-2H3,(H,21,23);1H. The molecule has 0 fully saturated rings. The number of likely N-dealkylation sites (N-methyl/N-ethyl adjacent to an activating group) is 1. The monoisotopic (exact) mass is 367 g/mol. The van der Waals surface area contributed by atoms with Gasteiger partial charge in [-0.25, -0.2) is 0 Å². The van der Waals surface area contributed by atoms with Gasteiger partial charge in [-0.2, -0.15) is 0 Å². The largest absolute Gasteiger partial charge is 0.399 e. The molecule has 0 saturated carbocycles. The number of anilines is 1. The summed E-state index contributed by atoms with van der Waals surface area (Å²) in [5.41, 5.74) is 7.88. The number of nitrogens with zero attached hydrogens (tertiary/aromatic N) is 1. The van der Waals surface area contributed by atoms with Gasteiger partial charge in [0.1, 0.15) is 0 Å². The topological polar surface area (TPSA) is 58.4 Å². The molecule has 2 aromatic carbocycles. The molecule has 0 aliphatic rings. The molecule has 0 aliphatic heterocycles. The summed E-state index contributed by atoms with van der Waals surface area (Å²) >= 11 is 6.07. The molecule has 0 heterocycles. The van der Waals surface area contributed by atoms with Crippen LogP contribution >= 0.6 is 24.0 Å². The van der Waals surface area contributed by atoms with Crippen molar-refractivity contribution in [3.63, 3.8) is 0 Å². The third-order valence-corrected chi connectivity index (χ3v) is 3.81. The predicted octanol–water partition coefficient (Wildman–Crippen LogP) is 3.59. The second-order valence-electron chi connectivity index (χ2n) is 5.80. The quantitative estimate of drug-likeness (QED) is 0.766.